The summed E-state index contributed by atoms with van der Waals surface area (Å²) in [6.07, 6.45) is 2.00. The number of amides is 1. The smallest absolute Gasteiger partial charge is 0.224 e. The van der Waals surface area contributed by atoms with Gasteiger partial charge in [0, 0.05) is 30.5 Å². The molecule has 1 aromatic heterocycles. The number of aromatic nitrogens is 1. The fraction of sp³-hybridized carbons (Fsp3) is 0.200. The minimum atomic E-state index is -0.325. The number of nitrogens with zero attached hydrogens (tertiary/aromatic N) is 1. The van der Waals surface area contributed by atoms with E-state index in [1.165, 1.54) is 26.4 Å². The molecule has 28 heavy (non-hydrogen) atoms. The molecule has 1 amide bonds. The number of halogens is 2. The van der Waals surface area contributed by atoms with Crippen LogP contribution < -0.4 is 14.8 Å². The van der Waals surface area contributed by atoms with Crippen molar-refractivity contribution in [2.75, 3.05) is 19.5 Å². The van der Waals surface area contributed by atoms with Gasteiger partial charge in [-0.05, 0) is 24.3 Å². The van der Waals surface area contributed by atoms with Gasteiger partial charge in [0.2, 0.25) is 5.91 Å². The lowest BCUT2D eigenvalue weighted by molar-refractivity contribution is -0.116. The van der Waals surface area contributed by atoms with Crippen LogP contribution in [0.15, 0.2) is 47.0 Å². The third kappa shape index (κ3) is 4.61. The Labute approximate surface area is 166 Å². The van der Waals surface area contributed by atoms with Crippen molar-refractivity contribution in [1.82, 2.24) is 4.98 Å². The number of oxazole rings is 1. The molecule has 8 heteroatoms. The summed E-state index contributed by atoms with van der Waals surface area (Å²) in [5.41, 5.74) is 1.13. The van der Waals surface area contributed by atoms with Gasteiger partial charge in [-0.2, -0.15) is 0 Å². The molecule has 3 aromatic rings. The lowest BCUT2D eigenvalue weighted by Gasteiger charge is -2.12. The Bertz CT molecular complexity index is 973. The predicted octanol–water partition coefficient (Wildman–Crippen LogP) is 4.72. The first-order valence-corrected chi connectivity index (χ1v) is 8.80. The molecule has 3 rings (SSSR count). The van der Waals surface area contributed by atoms with Crippen molar-refractivity contribution in [3.05, 3.63) is 59.3 Å². The molecule has 0 saturated heterocycles. The summed E-state index contributed by atoms with van der Waals surface area (Å²) in [5.74, 6) is 1.27. The van der Waals surface area contributed by atoms with E-state index < -0.39 is 0 Å². The summed E-state index contributed by atoms with van der Waals surface area (Å²) in [6, 6.07) is 9.06. The number of carbonyl (C=O) groups excluding carboxylic acids is 1. The highest BCUT2D eigenvalue weighted by molar-refractivity contribution is 6.34. The van der Waals surface area contributed by atoms with Crippen LogP contribution in [0.2, 0.25) is 5.02 Å². The first-order valence-electron chi connectivity index (χ1n) is 8.42. The second-order valence-electron chi connectivity index (χ2n) is 5.86. The molecule has 0 spiro atoms. The van der Waals surface area contributed by atoms with Gasteiger partial charge in [-0.15, -0.1) is 0 Å². The molecular weight excluding hydrogens is 387 g/mol. The van der Waals surface area contributed by atoms with Gasteiger partial charge in [-0.1, -0.05) is 11.6 Å². The van der Waals surface area contributed by atoms with Crippen molar-refractivity contribution in [3.63, 3.8) is 0 Å². The Balaban J connectivity index is 1.61. The van der Waals surface area contributed by atoms with Crippen LogP contribution in [-0.4, -0.2) is 25.1 Å². The van der Waals surface area contributed by atoms with Gasteiger partial charge in [0.15, 0.2) is 23.1 Å². The van der Waals surface area contributed by atoms with Crippen LogP contribution in [0.4, 0.5) is 10.1 Å². The lowest BCUT2D eigenvalue weighted by Crippen LogP contribution is -2.13. The first-order chi connectivity index (χ1) is 13.5. The van der Waals surface area contributed by atoms with E-state index >= 15 is 0 Å². The molecule has 6 nitrogen and oxygen atoms in total. The molecule has 0 radical (unpaired) electrons. The summed E-state index contributed by atoms with van der Waals surface area (Å²) >= 11 is 6.17. The summed E-state index contributed by atoms with van der Waals surface area (Å²) in [6.45, 7) is 0. The number of hydrogen-bond donors (Lipinski definition) is 1. The Kier molecular flexibility index (Phi) is 6.16. The normalized spacial score (nSPS) is 10.6. The number of ether oxygens (including phenoxy) is 2. The van der Waals surface area contributed by atoms with Crippen LogP contribution in [0.5, 0.6) is 11.5 Å². The molecular formula is C20H18ClFN2O4. The highest BCUT2D eigenvalue weighted by Gasteiger charge is 2.14. The predicted molar refractivity (Wildman–Crippen MR) is 103 cm³/mol. The van der Waals surface area contributed by atoms with Crippen molar-refractivity contribution < 1.29 is 23.1 Å². The maximum Gasteiger partial charge on any atom is 0.224 e. The number of nitrogens with one attached hydrogen (secondary N) is 1. The second-order valence-corrected chi connectivity index (χ2v) is 6.27. The molecule has 2 aromatic carbocycles. The topological polar surface area (TPSA) is 73.6 Å². The van der Waals surface area contributed by atoms with E-state index in [4.69, 9.17) is 25.5 Å². The second kappa shape index (κ2) is 8.75. The van der Waals surface area contributed by atoms with Crippen LogP contribution in [0.25, 0.3) is 11.3 Å². The fourth-order valence-corrected chi connectivity index (χ4v) is 2.76. The molecule has 0 saturated carbocycles. The van der Waals surface area contributed by atoms with Gasteiger partial charge in [-0.3, -0.25) is 4.79 Å². The van der Waals surface area contributed by atoms with Gasteiger partial charge in [0.1, 0.15) is 5.82 Å². The van der Waals surface area contributed by atoms with Crippen molar-refractivity contribution in [2.45, 2.75) is 12.8 Å². The zero-order valence-corrected chi connectivity index (χ0v) is 16.0. The standard InChI is InChI=1S/C20H18ClFN2O4/c1-26-16-9-14(21)15(10-17(16)27-2)24-19(25)7-8-20-23-11-18(28-20)12-3-5-13(22)6-4-12/h3-6,9-11H,7-8H2,1-2H3,(H,24,25). The third-order valence-corrected chi connectivity index (χ3v) is 4.31. The molecule has 0 unspecified atom stereocenters. The SMILES string of the molecule is COc1cc(Cl)c(NC(=O)CCc2ncc(-c3ccc(F)cc3)o2)cc1OC. The number of methoxy groups -OCH3 is 2. The summed E-state index contributed by atoms with van der Waals surface area (Å²) in [5, 5.41) is 3.07. The Hall–Kier alpha value is -3.06. The molecule has 0 fully saturated rings. The Morgan fingerprint density at radius 1 is 1.18 bits per heavy atom. The van der Waals surface area contributed by atoms with Crippen LogP contribution in [-0.2, 0) is 11.2 Å². The van der Waals surface area contributed by atoms with Crippen LogP contribution in [0.3, 0.4) is 0 Å². The quantitative estimate of drug-likeness (QED) is 0.616. The van der Waals surface area contributed by atoms with E-state index in [-0.39, 0.29) is 18.1 Å². The molecule has 146 valence electrons. The van der Waals surface area contributed by atoms with Crippen LogP contribution >= 0.6 is 11.6 Å². The lowest BCUT2D eigenvalue weighted by atomic mass is 10.2. The largest absolute Gasteiger partial charge is 0.493 e. The van der Waals surface area contributed by atoms with Crippen molar-refractivity contribution in [2.24, 2.45) is 0 Å². The monoisotopic (exact) mass is 404 g/mol. The minimum Gasteiger partial charge on any atom is -0.493 e. The van der Waals surface area contributed by atoms with Crippen molar-refractivity contribution in [3.8, 4) is 22.8 Å². The number of benzene rings is 2. The fourth-order valence-electron chi connectivity index (χ4n) is 2.56. The zero-order valence-electron chi connectivity index (χ0n) is 15.3. The maximum atomic E-state index is 13.0. The van der Waals surface area contributed by atoms with Crippen LogP contribution in [0.1, 0.15) is 12.3 Å². The van der Waals surface area contributed by atoms with Crippen molar-refractivity contribution >= 4 is 23.2 Å². The van der Waals surface area contributed by atoms with Gasteiger partial charge in [0.05, 0.1) is 31.1 Å². The van der Waals surface area contributed by atoms with Crippen LogP contribution in [0, 0.1) is 5.82 Å². The molecule has 0 aliphatic rings. The summed E-state index contributed by atoms with van der Waals surface area (Å²) < 4.78 is 29.0. The average molecular weight is 405 g/mol. The molecule has 0 bridgehead atoms. The Morgan fingerprint density at radius 3 is 2.54 bits per heavy atom. The van der Waals surface area contributed by atoms with E-state index in [1.807, 2.05) is 0 Å². The summed E-state index contributed by atoms with van der Waals surface area (Å²) in [7, 11) is 3.00. The highest BCUT2D eigenvalue weighted by atomic mass is 35.5. The van der Waals surface area contributed by atoms with Gasteiger partial charge in [-0.25, -0.2) is 9.37 Å². The molecule has 1 N–H and O–H groups in total. The molecule has 1 heterocycles. The molecule has 0 aliphatic heterocycles. The number of aryl methyl sites for hydroxylation is 1. The third-order valence-electron chi connectivity index (χ3n) is 4.00. The van der Waals surface area contributed by atoms with E-state index in [2.05, 4.69) is 10.3 Å². The van der Waals surface area contributed by atoms with Crippen molar-refractivity contribution in [1.29, 1.82) is 0 Å². The van der Waals surface area contributed by atoms with Gasteiger partial charge in [0.25, 0.3) is 0 Å². The maximum absolute atomic E-state index is 13.0. The zero-order chi connectivity index (χ0) is 20.1. The van der Waals surface area contributed by atoms with E-state index in [9.17, 15) is 9.18 Å². The number of hydrogen-bond acceptors (Lipinski definition) is 5. The minimum absolute atomic E-state index is 0.147. The average Bonchev–Trinajstić information content (AvgIpc) is 3.17. The van der Waals surface area contributed by atoms with E-state index in [0.717, 1.165) is 0 Å². The van der Waals surface area contributed by atoms with Gasteiger partial charge >= 0.3 is 0 Å². The molecule has 0 aliphatic carbocycles. The number of rotatable bonds is 7. The number of anilines is 1. The summed E-state index contributed by atoms with van der Waals surface area (Å²) in [4.78, 5) is 16.4. The first kappa shape index (κ1) is 19.7. The van der Waals surface area contributed by atoms with E-state index in [0.29, 0.717) is 45.8 Å². The highest BCUT2D eigenvalue weighted by Crippen LogP contribution is 2.36. The number of carbonyl (C=O) groups is 1. The van der Waals surface area contributed by atoms with E-state index in [1.54, 1.807) is 30.5 Å². The van der Waals surface area contributed by atoms with Gasteiger partial charge < -0.3 is 19.2 Å². The Morgan fingerprint density at radius 2 is 1.86 bits per heavy atom. The molecule has 0 atom stereocenters.